The summed E-state index contributed by atoms with van der Waals surface area (Å²) >= 11 is 11.9. The number of halogens is 2. The van der Waals surface area contributed by atoms with E-state index in [0.717, 1.165) is 0 Å². The summed E-state index contributed by atoms with van der Waals surface area (Å²) < 4.78 is 29.5. The maximum atomic E-state index is 13.1. The number of benzene rings is 1. The minimum Gasteiger partial charge on any atom is -0.383 e. The Bertz CT molecular complexity index is 1450. The Labute approximate surface area is 186 Å². The fourth-order valence-electron chi connectivity index (χ4n) is 3.08. The van der Waals surface area contributed by atoms with Crippen LogP contribution in [0.3, 0.4) is 0 Å². The second-order valence-corrected chi connectivity index (χ2v) is 9.08. The number of aryl methyl sites for hydroxylation is 1. The van der Waals surface area contributed by atoms with Gasteiger partial charge in [0.1, 0.15) is 22.7 Å². The van der Waals surface area contributed by atoms with Gasteiger partial charge in [0.25, 0.3) is 10.0 Å². The summed E-state index contributed by atoms with van der Waals surface area (Å²) in [4.78, 5) is 25.0. The minimum absolute atomic E-state index is 0.00307. The Kier molecular flexibility index (Phi) is 5.29. The van der Waals surface area contributed by atoms with Crippen molar-refractivity contribution in [2.24, 2.45) is 7.05 Å². The molecule has 0 aliphatic heterocycles. The monoisotopic (exact) mass is 476 g/mol. The molecule has 3 heterocycles. The molecule has 4 rings (SSSR count). The summed E-state index contributed by atoms with van der Waals surface area (Å²) in [5.74, 6) is -0.254. The molecule has 0 unspecified atom stereocenters. The number of nitrogens with zero attached hydrogens (tertiary/aromatic N) is 4. The molecule has 1 aromatic carbocycles. The number of sulfonamides is 1. The van der Waals surface area contributed by atoms with Gasteiger partial charge in [-0.25, -0.2) is 18.4 Å². The molecule has 0 amide bonds. The Balaban J connectivity index is 1.71. The van der Waals surface area contributed by atoms with Gasteiger partial charge >= 0.3 is 0 Å². The molecular weight excluding hydrogens is 463 g/mol. The van der Waals surface area contributed by atoms with Crippen LogP contribution < -0.4 is 10.5 Å². The van der Waals surface area contributed by atoms with E-state index in [9.17, 15) is 13.2 Å². The molecular formula is C19H14Cl2N6O3S. The van der Waals surface area contributed by atoms with Gasteiger partial charge < -0.3 is 10.3 Å². The van der Waals surface area contributed by atoms with Crippen LogP contribution in [0.2, 0.25) is 10.0 Å². The van der Waals surface area contributed by atoms with Gasteiger partial charge in [-0.2, -0.15) is 0 Å². The van der Waals surface area contributed by atoms with Crippen molar-refractivity contribution in [3.05, 3.63) is 70.4 Å². The summed E-state index contributed by atoms with van der Waals surface area (Å²) in [6.07, 6.45) is 5.49. The molecule has 0 radical (unpaired) electrons. The Hall–Kier alpha value is -3.21. The average molecular weight is 477 g/mol. The average Bonchev–Trinajstić information content (AvgIpc) is 3.07. The van der Waals surface area contributed by atoms with Crippen LogP contribution in [-0.2, 0) is 17.1 Å². The van der Waals surface area contributed by atoms with Crippen LogP contribution in [0, 0.1) is 0 Å². The molecule has 0 saturated carbocycles. The zero-order valence-electron chi connectivity index (χ0n) is 15.9. The first-order chi connectivity index (χ1) is 14.7. The van der Waals surface area contributed by atoms with Gasteiger partial charge in [0.05, 0.1) is 27.9 Å². The van der Waals surface area contributed by atoms with E-state index >= 15 is 0 Å². The summed E-state index contributed by atoms with van der Waals surface area (Å²) in [5, 5.41) is 0.623. The van der Waals surface area contributed by atoms with Crippen LogP contribution in [-0.4, -0.2) is 33.7 Å². The maximum absolute atomic E-state index is 13.1. The predicted octanol–water partition coefficient (Wildman–Crippen LogP) is 3.28. The molecule has 158 valence electrons. The summed E-state index contributed by atoms with van der Waals surface area (Å²) in [5.41, 5.74) is 6.93. The van der Waals surface area contributed by atoms with Gasteiger partial charge in [-0.05, 0) is 24.3 Å². The van der Waals surface area contributed by atoms with Gasteiger partial charge in [-0.3, -0.25) is 14.5 Å². The predicted molar refractivity (Wildman–Crippen MR) is 118 cm³/mol. The first-order valence-electron chi connectivity index (χ1n) is 8.70. The number of carbonyl (C=O) groups excluding carboxylic acids is 1. The standard InChI is InChI=1S/C19H14Cl2N6O3S/c1-27-8-13(16-18(22)24-9-25-19(16)27)17(28)10-4-12(7-23-6-10)26-31(29,30)15-5-11(20)2-3-14(15)21/h2-9,26H,1H3,(H2,22,24,25). The zero-order chi connectivity index (χ0) is 22.3. The molecule has 0 fully saturated rings. The van der Waals surface area contributed by atoms with Crippen molar-refractivity contribution >= 4 is 61.5 Å². The van der Waals surface area contributed by atoms with Crippen molar-refractivity contribution < 1.29 is 13.2 Å². The van der Waals surface area contributed by atoms with Gasteiger partial charge in [0.15, 0.2) is 5.78 Å². The first-order valence-corrected chi connectivity index (χ1v) is 10.9. The van der Waals surface area contributed by atoms with Crippen molar-refractivity contribution in [3.63, 3.8) is 0 Å². The van der Waals surface area contributed by atoms with E-state index in [-0.39, 0.29) is 37.6 Å². The molecule has 4 aromatic rings. The molecule has 0 bridgehead atoms. The number of nitrogens with two attached hydrogens (primary N) is 1. The van der Waals surface area contributed by atoms with E-state index in [2.05, 4.69) is 19.7 Å². The number of anilines is 2. The number of fused-ring (bicyclic) bond motifs is 1. The highest BCUT2D eigenvalue weighted by molar-refractivity contribution is 7.92. The second-order valence-electron chi connectivity index (χ2n) is 6.58. The largest absolute Gasteiger partial charge is 0.383 e. The lowest BCUT2D eigenvalue weighted by Gasteiger charge is -2.10. The fraction of sp³-hybridized carbons (Fsp3) is 0.0526. The normalized spacial score (nSPS) is 11.6. The number of hydrogen-bond donors (Lipinski definition) is 2. The number of ketones is 1. The third kappa shape index (κ3) is 3.92. The molecule has 3 N–H and O–H groups in total. The number of rotatable bonds is 5. The minimum atomic E-state index is -4.07. The molecule has 0 saturated heterocycles. The van der Waals surface area contributed by atoms with Crippen LogP contribution >= 0.6 is 23.2 Å². The second kappa shape index (κ2) is 7.80. The van der Waals surface area contributed by atoms with Crippen LogP contribution in [0.15, 0.2) is 54.1 Å². The number of hydrogen-bond acceptors (Lipinski definition) is 7. The number of pyridine rings is 1. The van der Waals surface area contributed by atoms with E-state index in [4.69, 9.17) is 28.9 Å². The summed E-state index contributed by atoms with van der Waals surface area (Å²) in [7, 11) is -2.35. The third-order valence-corrected chi connectivity index (χ3v) is 6.56. The number of carbonyl (C=O) groups is 1. The lowest BCUT2D eigenvalue weighted by molar-refractivity contribution is 0.103. The number of aromatic nitrogens is 4. The Morgan fingerprint density at radius 2 is 1.94 bits per heavy atom. The van der Waals surface area contributed by atoms with E-state index in [1.54, 1.807) is 17.8 Å². The molecule has 3 aromatic heterocycles. The quantitative estimate of drug-likeness (QED) is 0.422. The lowest BCUT2D eigenvalue weighted by Crippen LogP contribution is -2.14. The molecule has 0 aliphatic rings. The molecule has 0 atom stereocenters. The van der Waals surface area contributed by atoms with Crippen molar-refractivity contribution in [1.82, 2.24) is 19.5 Å². The van der Waals surface area contributed by atoms with Gasteiger partial charge in [0, 0.05) is 30.0 Å². The van der Waals surface area contributed by atoms with Crippen molar-refractivity contribution in [2.45, 2.75) is 4.90 Å². The third-order valence-electron chi connectivity index (χ3n) is 4.46. The Morgan fingerprint density at radius 3 is 2.71 bits per heavy atom. The topological polar surface area (TPSA) is 133 Å². The van der Waals surface area contributed by atoms with Crippen LogP contribution in [0.25, 0.3) is 11.0 Å². The van der Waals surface area contributed by atoms with E-state index in [1.165, 1.54) is 43.0 Å². The molecule has 12 heteroatoms. The van der Waals surface area contributed by atoms with Gasteiger partial charge in [-0.1, -0.05) is 23.2 Å². The van der Waals surface area contributed by atoms with Crippen LogP contribution in [0.1, 0.15) is 15.9 Å². The summed E-state index contributed by atoms with van der Waals surface area (Å²) in [6.45, 7) is 0. The fourth-order valence-corrected chi connectivity index (χ4v) is 4.87. The molecule has 31 heavy (non-hydrogen) atoms. The smallest absolute Gasteiger partial charge is 0.263 e. The highest BCUT2D eigenvalue weighted by Crippen LogP contribution is 2.28. The Morgan fingerprint density at radius 1 is 1.16 bits per heavy atom. The molecule has 9 nitrogen and oxygen atoms in total. The number of nitrogen functional groups attached to an aromatic ring is 1. The maximum Gasteiger partial charge on any atom is 0.263 e. The highest BCUT2D eigenvalue weighted by Gasteiger charge is 2.22. The lowest BCUT2D eigenvalue weighted by atomic mass is 10.1. The van der Waals surface area contributed by atoms with Gasteiger partial charge in [-0.15, -0.1) is 0 Å². The van der Waals surface area contributed by atoms with E-state index in [0.29, 0.717) is 11.0 Å². The van der Waals surface area contributed by atoms with Crippen molar-refractivity contribution in [1.29, 1.82) is 0 Å². The van der Waals surface area contributed by atoms with Crippen LogP contribution in [0.5, 0.6) is 0 Å². The van der Waals surface area contributed by atoms with Crippen LogP contribution in [0.4, 0.5) is 11.5 Å². The number of nitrogens with one attached hydrogen (secondary N) is 1. The highest BCUT2D eigenvalue weighted by atomic mass is 35.5. The summed E-state index contributed by atoms with van der Waals surface area (Å²) in [6, 6.07) is 5.45. The zero-order valence-corrected chi connectivity index (χ0v) is 18.2. The van der Waals surface area contributed by atoms with E-state index in [1.807, 2.05) is 0 Å². The molecule has 0 spiro atoms. The van der Waals surface area contributed by atoms with Gasteiger partial charge in [0.2, 0.25) is 0 Å². The van der Waals surface area contributed by atoms with E-state index < -0.39 is 15.8 Å². The van der Waals surface area contributed by atoms with Crippen molar-refractivity contribution in [2.75, 3.05) is 10.5 Å². The molecule has 0 aliphatic carbocycles. The first kappa shape index (κ1) is 21.0. The SMILES string of the molecule is Cn1cc(C(=O)c2cncc(NS(=O)(=O)c3cc(Cl)ccc3Cl)c2)c2c(N)ncnc21. The van der Waals surface area contributed by atoms with Crippen molar-refractivity contribution in [3.8, 4) is 0 Å².